The summed E-state index contributed by atoms with van der Waals surface area (Å²) >= 11 is 0. The number of nitrogens with zero attached hydrogens (tertiary/aromatic N) is 1. The first-order valence-electron chi connectivity index (χ1n) is 5.67. The molecule has 0 aliphatic heterocycles. The predicted octanol–water partition coefficient (Wildman–Crippen LogP) is 2.96. The Balaban J connectivity index is 2.95. The number of hydrogen-bond acceptors (Lipinski definition) is 1. The predicted molar refractivity (Wildman–Crippen MR) is 69.6 cm³/mol. The zero-order chi connectivity index (χ0) is 14.9. The van der Waals surface area contributed by atoms with Crippen molar-refractivity contribution in [3.05, 3.63) is 35.5 Å². The molecule has 1 aromatic carbocycles. The standard InChI is InChI=1S/C15H10F3NO/c1-3-9-19-11-8-6-5-7-10(11)13(12(20)4-2)14(19)15(16,17)18/h1-2,5-8,12,20H,9H2/t12-/m1/s1. The molecule has 0 radical (unpaired) electrons. The molecule has 0 aliphatic rings. The average molecular weight is 277 g/mol. The highest BCUT2D eigenvalue weighted by Gasteiger charge is 2.40. The first-order chi connectivity index (χ1) is 9.41. The second kappa shape index (κ2) is 4.96. The lowest BCUT2D eigenvalue weighted by Gasteiger charge is -2.14. The molecule has 2 nitrogen and oxygen atoms in total. The van der Waals surface area contributed by atoms with Crippen LogP contribution in [0.1, 0.15) is 17.4 Å². The molecule has 1 N–H and O–H groups in total. The van der Waals surface area contributed by atoms with Crippen molar-refractivity contribution in [2.75, 3.05) is 0 Å². The van der Waals surface area contributed by atoms with Crippen molar-refractivity contribution in [2.45, 2.75) is 18.8 Å². The lowest BCUT2D eigenvalue weighted by Crippen LogP contribution is -2.16. The SMILES string of the molecule is C#CCn1c(C(F)(F)F)c([C@H](O)C#C)c2ccccc21. The Morgan fingerprint density at radius 3 is 2.45 bits per heavy atom. The van der Waals surface area contributed by atoms with E-state index in [-0.39, 0.29) is 17.5 Å². The van der Waals surface area contributed by atoms with E-state index >= 15 is 0 Å². The summed E-state index contributed by atoms with van der Waals surface area (Å²) in [5.74, 6) is 4.12. The highest BCUT2D eigenvalue weighted by molar-refractivity contribution is 5.86. The molecule has 0 bridgehead atoms. The second-order valence-electron chi connectivity index (χ2n) is 4.14. The Bertz CT molecular complexity index is 728. The van der Waals surface area contributed by atoms with Crippen LogP contribution in [0.3, 0.4) is 0 Å². The molecular formula is C15H10F3NO. The highest BCUT2D eigenvalue weighted by atomic mass is 19.4. The fraction of sp³-hybridized carbons (Fsp3) is 0.200. The van der Waals surface area contributed by atoms with Crippen molar-refractivity contribution in [2.24, 2.45) is 0 Å². The molecule has 1 aromatic heterocycles. The fourth-order valence-corrected chi connectivity index (χ4v) is 2.25. The number of aliphatic hydroxyl groups is 1. The van der Waals surface area contributed by atoms with Crippen LogP contribution in [0.15, 0.2) is 24.3 Å². The van der Waals surface area contributed by atoms with Gasteiger partial charge >= 0.3 is 6.18 Å². The van der Waals surface area contributed by atoms with E-state index in [2.05, 4.69) is 5.92 Å². The van der Waals surface area contributed by atoms with Gasteiger partial charge in [0, 0.05) is 16.5 Å². The summed E-state index contributed by atoms with van der Waals surface area (Å²) in [6, 6.07) is 6.17. The van der Waals surface area contributed by atoms with Crippen LogP contribution < -0.4 is 0 Å². The number of aliphatic hydroxyl groups excluding tert-OH is 1. The molecule has 0 amide bonds. The first-order valence-corrected chi connectivity index (χ1v) is 5.67. The minimum Gasteiger partial charge on any atom is -0.376 e. The minimum absolute atomic E-state index is 0.250. The zero-order valence-corrected chi connectivity index (χ0v) is 10.3. The van der Waals surface area contributed by atoms with E-state index < -0.39 is 18.0 Å². The summed E-state index contributed by atoms with van der Waals surface area (Å²) in [4.78, 5) is 0. The summed E-state index contributed by atoms with van der Waals surface area (Å²) in [6.45, 7) is -0.257. The Labute approximate surface area is 113 Å². The van der Waals surface area contributed by atoms with Gasteiger partial charge in [-0.15, -0.1) is 12.8 Å². The van der Waals surface area contributed by atoms with E-state index in [4.69, 9.17) is 12.8 Å². The molecular weight excluding hydrogens is 267 g/mol. The van der Waals surface area contributed by atoms with Crippen LogP contribution in [0, 0.1) is 24.7 Å². The Morgan fingerprint density at radius 1 is 1.25 bits per heavy atom. The first kappa shape index (κ1) is 14.0. The van der Waals surface area contributed by atoms with E-state index in [1.807, 2.05) is 5.92 Å². The van der Waals surface area contributed by atoms with Gasteiger partial charge < -0.3 is 9.67 Å². The second-order valence-corrected chi connectivity index (χ2v) is 4.14. The van der Waals surface area contributed by atoms with E-state index in [9.17, 15) is 18.3 Å². The Hall–Kier alpha value is -2.37. The van der Waals surface area contributed by atoms with E-state index in [1.54, 1.807) is 12.1 Å². The van der Waals surface area contributed by atoms with Crippen molar-refractivity contribution in [1.29, 1.82) is 0 Å². The maximum absolute atomic E-state index is 13.3. The number of hydrogen-bond donors (Lipinski definition) is 1. The van der Waals surface area contributed by atoms with Gasteiger partial charge in [-0.25, -0.2) is 0 Å². The van der Waals surface area contributed by atoms with Gasteiger partial charge in [-0.2, -0.15) is 13.2 Å². The number of halogens is 3. The average Bonchev–Trinajstić information content (AvgIpc) is 2.73. The number of terminal acetylenes is 2. The van der Waals surface area contributed by atoms with E-state index in [0.717, 1.165) is 4.57 Å². The van der Waals surface area contributed by atoms with Crippen molar-refractivity contribution in [3.8, 4) is 24.7 Å². The van der Waals surface area contributed by atoms with Gasteiger partial charge in [0.15, 0.2) is 0 Å². The van der Waals surface area contributed by atoms with Gasteiger partial charge in [0.25, 0.3) is 0 Å². The van der Waals surface area contributed by atoms with Crippen molar-refractivity contribution in [3.63, 3.8) is 0 Å². The van der Waals surface area contributed by atoms with Gasteiger partial charge in [0.05, 0.1) is 6.54 Å². The summed E-state index contributed by atoms with van der Waals surface area (Å²) < 4.78 is 40.8. The lowest BCUT2D eigenvalue weighted by atomic mass is 10.1. The lowest BCUT2D eigenvalue weighted by molar-refractivity contribution is -0.144. The molecule has 0 aliphatic carbocycles. The van der Waals surface area contributed by atoms with Gasteiger partial charge in [0.2, 0.25) is 0 Å². The van der Waals surface area contributed by atoms with E-state index in [0.29, 0.717) is 5.52 Å². The van der Waals surface area contributed by atoms with Crippen molar-refractivity contribution >= 4 is 10.9 Å². The van der Waals surface area contributed by atoms with Crippen molar-refractivity contribution < 1.29 is 18.3 Å². The maximum atomic E-state index is 13.3. The van der Waals surface area contributed by atoms with Crippen LogP contribution in [0.25, 0.3) is 10.9 Å². The summed E-state index contributed by atoms with van der Waals surface area (Å²) in [7, 11) is 0. The van der Waals surface area contributed by atoms with Crippen LogP contribution >= 0.6 is 0 Å². The van der Waals surface area contributed by atoms with Gasteiger partial charge in [-0.05, 0) is 6.07 Å². The van der Waals surface area contributed by atoms with E-state index in [1.165, 1.54) is 12.1 Å². The molecule has 0 saturated heterocycles. The molecule has 2 rings (SSSR count). The van der Waals surface area contributed by atoms with Gasteiger partial charge in [-0.1, -0.05) is 30.0 Å². The van der Waals surface area contributed by atoms with Crippen LogP contribution in [-0.2, 0) is 12.7 Å². The molecule has 0 spiro atoms. The van der Waals surface area contributed by atoms with Gasteiger partial charge in [0.1, 0.15) is 11.8 Å². The normalized spacial score (nSPS) is 12.9. The zero-order valence-electron chi connectivity index (χ0n) is 10.3. The van der Waals surface area contributed by atoms with Crippen LogP contribution in [-0.4, -0.2) is 9.67 Å². The molecule has 1 atom stereocenters. The molecule has 102 valence electrons. The topological polar surface area (TPSA) is 25.2 Å². The molecule has 5 heteroatoms. The number of para-hydroxylation sites is 1. The number of fused-ring (bicyclic) bond motifs is 1. The summed E-state index contributed by atoms with van der Waals surface area (Å²) in [6.07, 6.45) is 3.91. The van der Waals surface area contributed by atoms with Crippen LogP contribution in [0.2, 0.25) is 0 Å². The third-order valence-corrected chi connectivity index (χ3v) is 2.96. The monoisotopic (exact) mass is 277 g/mol. The number of aromatic nitrogens is 1. The fourth-order valence-electron chi connectivity index (χ4n) is 2.25. The summed E-state index contributed by atoms with van der Waals surface area (Å²) in [5.41, 5.74) is -1.03. The Kier molecular flexibility index (Phi) is 3.48. The summed E-state index contributed by atoms with van der Waals surface area (Å²) in [5, 5.41) is 10.0. The minimum atomic E-state index is -4.66. The smallest absolute Gasteiger partial charge is 0.376 e. The van der Waals surface area contributed by atoms with Crippen LogP contribution in [0.4, 0.5) is 13.2 Å². The van der Waals surface area contributed by atoms with Crippen LogP contribution in [0.5, 0.6) is 0 Å². The molecule has 20 heavy (non-hydrogen) atoms. The number of rotatable bonds is 2. The molecule has 0 saturated carbocycles. The van der Waals surface area contributed by atoms with Crippen molar-refractivity contribution in [1.82, 2.24) is 4.57 Å². The number of benzene rings is 1. The number of alkyl halides is 3. The van der Waals surface area contributed by atoms with Gasteiger partial charge in [-0.3, -0.25) is 0 Å². The highest BCUT2D eigenvalue weighted by Crippen LogP contribution is 2.40. The third-order valence-electron chi connectivity index (χ3n) is 2.96. The molecule has 2 aromatic rings. The quantitative estimate of drug-likeness (QED) is 0.839. The molecule has 1 heterocycles. The maximum Gasteiger partial charge on any atom is 0.431 e. The largest absolute Gasteiger partial charge is 0.431 e. The Morgan fingerprint density at radius 2 is 1.90 bits per heavy atom. The molecule has 0 unspecified atom stereocenters. The molecule has 0 fully saturated rings. The third kappa shape index (κ3) is 2.13.